The van der Waals surface area contributed by atoms with Gasteiger partial charge in [0, 0.05) is 13.1 Å². The lowest BCUT2D eigenvalue weighted by Gasteiger charge is -2.43. The molecule has 1 spiro atoms. The Bertz CT molecular complexity index is 809. The molecule has 2 aliphatic heterocycles. The molecule has 158 valence electrons. The second-order valence-corrected chi connectivity index (χ2v) is 7.85. The molecule has 4 heterocycles. The zero-order valence-electron chi connectivity index (χ0n) is 17.0. The van der Waals surface area contributed by atoms with Crippen LogP contribution in [0.4, 0.5) is 0 Å². The van der Waals surface area contributed by atoms with Crippen LogP contribution in [0.5, 0.6) is 0 Å². The van der Waals surface area contributed by atoms with Crippen LogP contribution in [0.3, 0.4) is 0 Å². The van der Waals surface area contributed by atoms with Crippen molar-refractivity contribution in [3.63, 3.8) is 0 Å². The lowest BCUT2D eigenvalue weighted by atomic mass is 9.89. The summed E-state index contributed by atoms with van der Waals surface area (Å²) in [6, 6.07) is 3.43. The molecule has 0 radical (unpaired) electrons. The molecule has 0 N–H and O–H groups in total. The predicted molar refractivity (Wildman–Crippen MR) is 102 cm³/mol. The smallest absolute Gasteiger partial charge is 0.289 e. The van der Waals surface area contributed by atoms with Gasteiger partial charge < -0.3 is 23.5 Å². The number of piperidine rings is 1. The fourth-order valence-electron chi connectivity index (χ4n) is 3.79. The molecule has 4 rings (SSSR count). The molecule has 2 aromatic rings. The lowest BCUT2D eigenvalue weighted by Crippen LogP contribution is -2.52. The van der Waals surface area contributed by atoms with E-state index in [9.17, 15) is 4.79 Å². The molecule has 0 saturated carbocycles. The SMILES string of the molecule is CC(C)OCCOCc1nnn2c1COC1(CCN(C(=O)c3ccco3)CC1)C2. The molecule has 1 saturated heterocycles. The van der Waals surface area contributed by atoms with Crippen LogP contribution >= 0.6 is 0 Å². The van der Waals surface area contributed by atoms with E-state index in [-0.39, 0.29) is 17.6 Å². The van der Waals surface area contributed by atoms with Crippen LogP contribution in [0.25, 0.3) is 0 Å². The summed E-state index contributed by atoms with van der Waals surface area (Å²) in [6.45, 7) is 7.86. The number of rotatable bonds is 7. The number of nitrogens with zero attached hydrogens (tertiary/aromatic N) is 4. The fourth-order valence-corrected chi connectivity index (χ4v) is 3.79. The third kappa shape index (κ3) is 4.52. The van der Waals surface area contributed by atoms with Gasteiger partial charge in [-0.15, -0.1) is 5.10 Å². The Kier molecular flexibility index (Phi) is 5.98. The van der Waals surface area contributed by atoms with E-state index in [4.69, 9.17) is 18.6 Å². The summed E-state index contributed by atoms with van der Waals surface area (Å²) in [6.07, 6.45) is 3.24. The zero-order valence-corrected chi connectivity index (χ0v) is 17.0. The highest BCUT2D eigenvalue weighted by Crippen LogP contribution is 2.34. The summed E-state index contributed by atoms with van der Waals surface area (Å²) in [4.78, 5) is 14.3. The summed E-state index contributed by atoms with van der Waals surface area (Å²) >= 11 is 0. The molecule has 0 atom stereocenters. The number of furan rings is 1. The summed E-state index contributed by atoms with van der Waals surface area (Å²) in [5.41, 5.74) is 1.48. The van der Waals surface area contributed by atoms with Gasteiger partial charge in [0.15, 0.2) is 5.76 Å². The average Bonchev–Trinajstić information content (AvgIpc) is 3.38. The number of aromatic nitrogens is 3. The molecule has 0 bridgehead atoms. The third-order valence-electron chi connectivity index (χ3n) is 5.48. The number of carbonyl (C=O) groups excluding carboxylic acids is 1. The zero-order chi connectivity index (χ0) is 20.3. The normalized spacial score (nSPS) is 18.4. The van der Waals surface area contributed by atoms with E-state index >= 15 is 0 Å². The number of hydrogen-bond donors (Lipinski definition) is 0. The standard InChI is InChI=1S/C20H28N4O5/c1-15(2)27-11-10-26-12-16-17-13-29-20(14-24(17)22-21-16)5-7-23(8-6-20)19(25)18-4-3-9-28-18/h3-4,9,15H,5-8,10-14H2,1-2H3. The Labute approximate surface area is 169 Å². The Morgan fingerprint density at radius 2 is 2.14 bits per heavy atom. The summed E-state index contributed by atoms with van der Waals surface area (Å²) in [5, 5.41) is 8.58. The molecule has 1 amide bonds. The van der Waals surface area contributed by atoms with Crippen LogP contribution in [-0.4, -0.2) is 63.8 Å². The first-order valence-electron chi connectivity index (χ1n) is 10.1. The number of hydrogen-bond acceptors (Lipinski definition) is 7. The van der Waals surface area contributed by atoms with Crippen LogP contribution in [0, 0.1) is 0 Å². The molecule has 0 aliphatic carbocycles. The van der Waals surface area contributed by atoms with Gasteiger partial charge in [0.25, 0.3) is 5.91 Å². The quantitative estimate of drug-likeness (QED) is 0.652. The van der Waals surface area contributed by atoms with Crippen molar-refractivity contribution < 1.29 is 23.4 Å². The van der Waals surface area contributed by atoms with Crippen LogP contribution < -0.4 is 0 Å². The maximum atomic E-state index is 12.5. The Morgan fingerprint density at radius 3 is 2.86 bits per heavy atom. The predicted octanol–water partition coefficient (Wildman–Crippen LogP) is 2.02. The number of fused-ring (bicyclic) bond motifs is 1. The summed E-state index contributed by atoms with van der Waals surface area (Å²) < 4.78 is 24.6. The number of likely N-dealkylation sites (tertiary alicyclic amines) is 1. The average molecular weight is 404 g/mol. The molecule has 2 aliphatic rings. The first-order valence-corrected chi connectivity index (χ1v) is 10.1. The molecule has 9 nitrogen and oxygen atoms in total. The monoisotopic (exact) mass is 404 g/mol. The van der Waals surface area contributed by atoms with Crippen LogP contribution in [0.15, 0.2) is 22.8 Å². The Balaban J connectivity index is 1.29. The van der Waals surface area contributed by atoms with Crippen LogP contribution in [0.1, 0.15) is 48.6 Å². The van der Waals surface area contributed by atoms with Crippen molar-refractivity contribution in [1.82, 2.24) is 19.9 Å². The van der Waals surface area contributed by atoms with Gasteiger partial charge in [0.2, 0.25) is 0 Å². The molecule has 29 heavy (non-hydrogen) atoms. The molecule has 0 unspecified atom stereocenters. The first kappa shape index (κ1) is 20.1. The van der Waals surface area contributed by atoms with Crippen molar-refractivity contribution in [2.75, 3.05) is 26.3 Å². The number of amides is 1. The van der Waals surface area contributed by atoms with Crippen molar-refractivity contribution in [2.24, 2.45) is 0 Å². The molecule has 1 fully saturated rings. The maximum absolute atomic E-state index is 12.5. The highest BCUT2D eigenvalue weighted by Gasteiger charge is 2.41. The number of carbonyl (C=O) groups is 1. The van der Waals surface area contributed by atoms with Crippen molar-refractivity contribution in [1.29, 1.82) is 0 Å². The van der Waals surface area contributed by atoms with Gasteiger partial charge in [-0.3, -0.25) is 4.79 Å². The Morgan fingerprint density at radius 1 is 1.31 bits per heavy atom. The van der Waals surface area contributed by atoms with Crippen molar-refractivity contribution in [3.05, 3.63) is 35.5 Å². The second-order valence-electron chi connectivity index (χ2n) is 7.85. The van der Waals surface area contributed by atoms with E-state index in [1.54, 1.807) is 12.1 Å². The first-order chi connectivity index (χ1) is 14.1. The maximum Gasteiger partial charge on any atom is 0.289 e. The van der Waals surface area contributed by atoms with E-state index < -0.39 is 0 Å². The Hall–Kier alpha value is -2.23. The molecule has 9 heteroatoms. The van der Waals surface area contributed by atoms with Gasteiger partial charge in [-0.1, -0.05) is 5.21 Å². The second kappa shape index (κ2) is 8.64. The van der Waals surface area contributed by atoms with Crippen molar-refractivity contribution in [2.45, 2.75) is 58.2 Å². The topological polar surface area (TPSA) is 91.9 Å². The molecular formula is C20H28N4O5. The lowest BCUT2D eigenvalue weighted by molar-refractivity contribution is -0.120. The highest BCUT2D eigenvalue weighted by molar-refractivity contribution is 5.91. The van der Waals surface area contributed by atoms with Crippen molar-refractivity contribution in [3.8, 4) is 0 Å². The van der Waals surface area contributed by atoms with E-state index in [0.717, 1.165) is 24.2 Å². The molecular weight excluding hydrogens is 376 g/mol. The van der Waals surface area contributed by atoms with Gasteiger partial charge in [0.1, 0.15) is 5.69 Å². The van der Waals surface area contributed by atoms with E-state index in [2.05, 4.69) is 10.3 Å². The minimum absolute atomic E-state index is 0.0667. The van der Waals surface area contributed by atoms with Crippen LogP contribution in [0.2, 0.25) is 0 Å². The van der Waals surface area contributed by atoms with Gasteiger partial charge in [-0.25, -0.2) is 4.68 Å². The van der Waals surface area contributed by atoms with E-state index in [0.29, 0.717) is 51.8 Å². The minimum Gasteiger partial charge on any atom is -0.459 e. The van der Waals surface area contributed by atoms with Gasteiger partial charge >= 0.3 is 0 Å². The molecule has 0 aromatic carbocycles. The third-order valence-corrected chi connectivity index (χ3v) is 5.48. The summed E-state index contributed by atoms with van der Waals surface area (Å²) in [5.74, 6) is 0.315. The van der Waals surface area contributed by atoms with Gasteiger partial charge in [-0.2, -0.15) is 0 Å². The van der Waals surface area contributed by atoms with Gasteiger partial charge in [-0.05, 0) is 38.8 Å². The van der Waals surface area contributed by atoms with E-state index in [1.807, 2.05) is 23.4 Å². The minimum atomic E-state index is -0.302. The summed E-state index contributed by atoms with van der Waals surface area (Å²) in [7, 11) is 0. The number of ether oxygens (including phenoxy) is 3. The largest absolute Gasteiger partial charge is 0.459 e. The molecule has 2 aromatic heterocycles. The van der Waals surface area contributed by atoms with Crippen LogP contribution in [-0.2, 0) is 34.0 Å². The fraction of sp³-hybridized carbons (Fsp3) is 0.650. The van der Waals surface area contributed by atoms with E-state index in [1.165, 1.54) is 6.26 Å². The van der Waals surface area contributed by atoms with Crippen molar-refractivity contribution >= 4 is 5.91 Å². The van der Waals surface area contributed by atoms with Gasteiger partial charge in [0.05, 0.1) is 56.6 Å². The highest BCUT2D eigenvalue weighted by atomic mass is 16.5.